The van der Waals surface area contributed by atoms with Gasteiger partial charge in [-0.3, -0.25) is 4.79 Å². The molecule has 0 spiro atoms. The number of carbonyl (C=O) groups is 1. The van der Waals surface area contributed by atoms with Gasteiger partial charge in [0.25, 0.3) is 0 Å². The van der Waals surface area contributed by atoms with E-state index in [1.54, 1.807) is 0 Å². The van der Waals surface area contributed by atoms with Crippen molar-refractivity contribution >= 4 is 23.5 Å². The van der Waals surface area contributed by atoms with Crippen molar-refractivity contribution < 1.29 is 9.18 Å². The Balaban J connectivity index is 1.63. The number of anilines is 1. The SMILES string of the molecule is O=C1CSc2ccc(CN[C@@H]3CCNC[C@@H]3F)nc2N1. The third-order valence-corrected chi connectivity index (χ3v) is 4.53. The number of carbonyl (C=O) groups excluding carboxylic acids is 1. The van der Waals surface area contributed by atoms with Gasteiger partial charge in [-0.1, -0.05) is 0 Å². The Morgan fingerprint density at radius 1 is 1.50 bits per heavy atom. The van der Waals surface area contributed by atoms with Gasteiger partial charge in [-0.25, -0.2) is 9.37 Å². The van der Waals surface area contributed by atoms with E-state index in [0.29, 0.717) is 24.7 Å². The monoisotopic (exact) mass is 296 g/mol. The molecule has 1 amide bonds. The molecular formula is C13H17FN4OS. The van der Waals surface area contributed by atoms with Crippen molar-refractivity contribution in [3.05, 3.63) is 17.8 Å². The van der Waals surface area contributed by atoms with Crippen LogP contribution in [0.4, 0.5) is 10.2 Å². The summed E-state index contributed by atoms with van der Waals surface area (Å²) in [7, 11) is 0. The molecule has 0 aromatic carbocycles. The molecule has 1 saturated heterocycles. The van der Waals surface area contributed by atoms with Gasteiger partial charge in [0, 0.05) is 19.1 Å². The Bertz CT molecular complexity index is 513. The van der Waals surface area contributed by atoms with E-state index in [4.69, 9.17) is 0 Å². The molecule has 0 saturated carbocycles. The molecule has 2 aliphatic rings. The third kappa shape index (κ3) is 3.11. The highest BCUT2D eigenvalue weighted by Crippen LogP contribution is 2.29. The summed E-state index contributed by atoms with van der Waals surface area (Å²) < 4.78 is 13.7. The van der Waals surface area contributed by atoms with Crippen molar-refractivity contribution in [2.75, 3.05) is 24.2 Å². The predicted molar refractivity (Wildman–Crippen MR) is 76.6 cm³/mol. The van der Waals surface area contributed by atoms with E-state index < -0.39 is 6.17 Å². The first-order valence-corrected chi connectivity index (χ1v) is 7.71. The van der Waals surface area contributed by atoms with Gasteiger partial charge in [0.05, 0.1) is 16.3 Å². The number of aromatic nitrogens is 1. The number of amides is 1. The van der Waals surface area contributed by atoms with E-state index in [1.807, 2.05) is 12.1 Å². The number of thioether (sulfide) groups is 1. The standard InChI is InChI=1S/C13H17FN4OS/c14-9-6-15-4-3-10(9)16-5-8-1-2-11-13(17-8)18-12(19)7-20-11/h1-2,9-10,15-16H,3-7H2,(H,17,18,19)/t9-,10+/m0/s1. The zero-order valence-electron chi connectivity index (χ0n) is 11.0. The summed E-state index contributed by atoms with van der Waals surface area (Å²) in [6.07, 6.45) is -0.0877. The Hall–Kier alpha value is -1.18. The fourth-order valence-electron chi connectivity index (χ4n) is 2.39. The van der Waals surface area contributed by atoms with Crippen molar-refractivity contribution in [1.29, 1.82) is 0 Å². The number of halogens is 1. The fourth-order valence-corrected chi connectivity index (χ4v) is 3.15. The number of pyridine rings is 1. The average molecular weight is 296 g/mol. The summed E-state index contributed by atoms with van der Waals surface area (Å²) in [5, 5.41) is 9.00. The highest BCUT2D eigenvalue weighted by Gasteiger charge is 2.24. The van der Waals surface area contributed by atoms with Gasteiger partial charge in [-0.05, 0) is 25.1 Å². The van der Waals surface area contributed by atoms with Gasteiger partial charge in [-0.2, -0.15) is 0 Å². The maximum absolute atomic E-state index is 13.7. The lowest BCUT2D eigenvalue weighted by atomic mass is 10.0. The summed E-state index contributed by atoms with van der Waals surface area (Å²) >= 11 is 1.49. The van der Waals surface area contributed by atoms with Crippen LogP contribution in [-0.2, 0) is 11.3 Å². The van der Waals surface area contributed by atoms with Crippen LogP contribution in [0.2, 0.25) is 0 Å². The van der Waals surface area contributed by atoms with Crippen LogP contribution < -0.4 is 16.0 Å². The molecule has 20 heavy (non-hydrogen) atoms. The number of nitrogens with one attached hydrogen (secondary N) is 3. The summed E-state index contributed by atoms with van der Waals surface area (Å²) in [6.45, 7) is 1.75. The summed E-state index contributed by atoms with van der Waals surface area (Å²) in [5.74, 6) is 1.03. The molecule has 0 bridgehead atoms. The highest BCUT2D eigenvalue weighted by molar-refractivity contribution is 8.00. The van der Waals surface area contributed by atoms with Crippen molar-refractivity contribution in [1.82, 2.24) is 15.6 Å². The van der Waals surface area contributed by atoms with Gasteiger partial charge in [0.15, 0.2) is 0 Å². The Morgan fingerprint density at radius 2 is 2.40 bits per heavy atom. The molecule has 7 heteroatoms. The minimum absolute atomic E-state index is 0.0257. The number of alkyl halides is 1. The largest absolute Gasteiger partial charge is 0.314 e. The average Bonchev–Trinajstić information content (AvgIpc) is 2.46. The fraction of sp³-hybridized carbons (Fsp3) is 0.538. The van der Waals surface area contributed by atoms with E-state index >= 15 is 0 Å². The van der Waals surface area contributed by atoms with E-state index in [0.717, 1.165) is 23.6 Å². The second-order valence-corrected chi connectivity index (χ2v) is 6.00. The smallest absolute Gasteiger partial charge is 0.235 e. The number of piperidine rings is 1. The molecule has 0 radical (unpaired) electrons. The van der Waals surface area contributed by atoms with Crippen LogP contribution in [0.3, 0.4) is 0 Å². The van der Waals surface area contributed by atoms with E-state index in [-0.39, 0.29) is 11.9 Å². The van der Waals surface area contributed by atoms with Crippen molar-refractivity contribution in [3.8, 4) is 0 Å². The number of hydrogen-bond donors (Lipinski definition) is 3. The summed E-state index contributed by atoms with van der Waals surface area (Å²) in [5.41, 5.74) is 0.817. The third-order valence-electron chi connectivity index (χ3n) is 3.49. The Kier molecular flexibility index (Phi) is 4.18. The molecule has 5 nitrogen and oxygen atoms in total. The maximum atomic E-state index is 13.7. The van der Waals surface area contributed by atoms with Gasteiger partial charge >= 0.3 is 0 Å². The highest BCUT2D eigenvalue weighted by atomic mass is 32.2. The van der Waals surface area contributed by atoms with E-state index in [1.165, 1.54) is 11.8 Å². The molecule has 2 atom stereocenters. The molecule has 3 N–H and O–H groups in total. The maximum Gasteiger partial charge on any atom is 0.235 e. The van der Waals surface area contributed by atoms with Crippen molar-refractivity contribution in [3.63, 3.8) is 0 Å². The van der Waals surface area contributed by atoms with Crippen molar-refractivity contribution in [2.45, 2.75) is 30.1 Å². The molecule has 108 valence electrons. The second kappa shape index (κ2) is 6.07. The van der Waals surface area contributed by atoms with Crippen molar-refractivity contribution in [2.24, 2.45) is 0 Å². The summed E-state index contributed by atoms with van der Waals surface area (Å²) in [6, 6.07) is 3.75. The molecular weight excluding hydrogens is 279 g/mol. The quantitative estimate of drug-likeness (QED) is 0.774. The minimum atomic E-state index is -0.864. The van der Waals surface area contributed by atoms with Crippen LogP contribution in [0.5, 0.6) is 0 Å². The molecule has 1 aromatic heterocycles. The number of hydrogen-bond acceptors (Lipinski definition) is 5. The molecule has 2 aliphatic heterocycles. The molecule has 1 aromatic rings. The van der Waals surface area contributed by atoms with Gasteiger partial charge < -0.3 is 16.0 Å². The van der Waals surface area contributed by atoms with Crippen LogP contribution in [-0.4, -0.2) is 41.9 Å². The zero-order chi connectivity index (χ0) is 13.9. The lowest BCUT2D eigenvalue weighted by Crippen LogP contribution is -2.48. The number of rotatable bonds is 3. The molecule has 1 fully saturated rings. The minimum Gasteiger partial charge on any atom is -0.314 e. The molecule has 0 unspecified atom stereocenters. The predicted octanol–water partition coefficient (Wildman–Crippen LogP) is 0.915. The van der Waals surface area contributed by atoms with E-state index in [2.05, 4.69) is 20.9 Å². The Morgan fingerprint density at radius 3 is 3.25 bits per heavy atom. The lowest BCUT2D eigenvalue weighted by Gasteiger charge is -2.27. The molecule has 3 rings (SSSR count). The second-order valence-electron chi connectivity index (χ2n) is 4.98. The number of fused-ring (bicyclic) bond motifs is 1. The van der Waals surface area contributed by atoms with Crippen LogP contribution in [0.25, 0.3) is 0 Å². The van der Waals surface area contributed by atoms with Gasteiger partial charge in [-0.15, -0.1) is 11.8 Å². The van der Waals surface area contributed by atoms with Gasteiger partial charge in [0.2, 0.25) is 5.91 Å². The van der Waals surface area contributed by atoms with Crippen LogP contribution >= 0.6 is 11.8 Å². The topological polar surface area (TPSA) is 66.0 Å². The van der Waals surface area contributed by atoms with Crippen LogP contribution in [0, 0.1) is 0 Å². The first kappa shape index (κ1) is 13.8. The first-order valence-electron chi connectivity index (χ1n) is 6.73. The Labute approximate surface area is 121 Å². The zero-order valence-corrected chi connectivity index (χ0v) is 11.8. The molecule has 0 aliphatic carbocycles. The lowest BCUT2D eigenvalue weighted by molar-refractivity contribution is -0.113. The molecule has 3 heterocycles. The van der Waals surface area contributed by atoms with Crippen LogP contribution in [0.15, 0.2) is 17.0 Å². The first-order chi connectivity index (χ1) is 9.72. The normalized spacial score (nSPS) is 25.9. The van der Waals surface area contributed by atoms with E-state index in [9.17, 15) is 9.18 Å². The number of nitrogens with zero attached hydrogens (tertiary/aromatic N) is 1. The van der Waals surface area contributed by atoms with Gasteiger partial charge in [0.1, 0.15) is 12.0 Å². The van der Waals surface area contributed by atoms with Crippen LogP contribution in [0.1, 0.15) is 12.1 Å². The summed E-state index contributed by atoms with van der Waals surface area (Å²) in [4.78, 5) is 16.7.